The lowest BCUT2D eigenvalue weighted by Crippen LogP contribution is -2.43. The highest BCUT2D eigenvalue weighted by Crippen LogP contribution is 2.46. The molecule has 134 valence electrons. The predicted octanol–water partition coefficient (Wildman–Crippen LogP) is -0.00720. The minimum atomic E-state index is -1.71. The molecular formula is C15H17ClFN5O3. The fourth-order valence-electron chi connectivity index (χ4n) is 2.86. The number of imidazole rings is 1. The van der Waals surface area contributed by atoms with E-state index in [-0.39, 0.29) is 5.96 Å². The zero-order valence-electron chi connectivity index (χ0n) is 13.3. The van der Waals surface area contributed by atoms with E-state index in [0.717, 1.165) is 0 Å². The third-order valence-corrected chi connectivity index (χ3v) is 4.53. The number of alkyl halides is 2. The van der Waals surface area contributed by atoms with Crippen molar-refractivity contribution >= 4 is 29.1 Å². The van der Waals surface area contributed by atoms with Crippen molar-refractivity contribution in [2.24, 2.45) is 10.7 Å². The van der Waals surface area contributed by atoms with Crippen molar-refractivity contribution in [2.45, 2.75) is 36.3 Å². The van der Waals surface area contributed by atoms with Gasteiger partial charge in [-0.2, -0.15) is 4.99 Å². The normalized spacial score (nSPS) is 32.3. The third-order valence-electron chi connectivity index (χ3n) is 4.02. The van der Waals surface area contributed by atoms with Gasteiger partial charge in [-0.1, -0.05) is 30.0 Å². The van der Waals surface area contributed by atoms with E-state index in [0.29, 0.717) is 17.2 Å². The molecule has 0 aliphatic carbocycles. The van der Waals surface area contributed by atoms with Gasteiger partial charge in [0, 0.05) is 0 Å². The lowest BCUT2D eigenvalue weighted by atomic mass is 9.96. The number of nitrogens with two attached hydrogens (primary N) is 1. The van der Waals surface area contributed by atoms with Gasteiger partial charge in [0.2, 0.25) is 0 Å². The number of aromatic nitrogens is 2. The van der Waals surface area contributed by atoms with Crippen molar-refractivity contribution in [2.75, 3.05) is 6.67 Å². The Labute approximate surface area is 148 Å². The van der Waals surface area contributed by atoms with Crippen LogP contribution in [0.4, 0.5) is 10.2 Å². The SMILES string of the molecule is C=C1NC(N)=Nc2c1ncn2[C@@H]1OC([C@@H](C)O)C(O)[C@]1(Cl)C#CCF. The standard InChI is InChI=1S/C15H17ClFN5O3/c1-7-9-12(21-14(18)20-7)22(6-19-9)13-15(16,4-3-5-17)11(24)10(25-13)8(2)23/h6,8,10-11,13,23-24H,1,5H2,2H3,(H3,18,20,21)/t8-,10?,11?,13-,15-/m1/s1. The Balaban J connectivity index is 2.11. The molecule has 1 aromatic rings. The number of aliphatic imine (C=N–C) groups is 1. The Hall–Kier alpha value is -2.12. The number of rotatable bonds is 2. The zero-order chi connectivity index (χ0) is 18.4. The molecule has 1 fully saturated rings. The molecule has 2 unspecified atom stereocenters. The van der Waals surface area contributed by atoms with Crippen LogP contribution in [-0.2, 0) is 4.74 Å². The van der Waals surface area contributed by atoms with E-state index >= 15 is 0 Å². The van der Waals surface area contributed by atoms with E-state index in [1.165, 1.54) is 17.8 Å². The van der Waals surface area contributed by atoms with E-state index in [2.05, 4.69) is 33.7 Å². The summed E-state index contributed by atoms with van der Waals surface area (Å²) in [5, 5.41) is 23.1. The molecule has 3 heterocycles. The number of fused-ring (bicyclic) bond motifs is 1. The van der Waals surface area contributed by atoms with Gasteiger partial charge in [-0.25, -0.2) is 9.37 Å². The Morgan fingerprint density at radius 3 is 3.04 bits per heavy atom. The van der Waals surface area contributed by atoms with Gasteiger partial charge in [-0.15, -0.1) is 0 Å². The maximum Gasteiger partial charge on any atom is 0.199 e. The highest BCUT2D eigenvalue weighted by atomic mass is 35.5. The van der Waals surface area contributed by atoms with E-state index < -0.39 is 36.1 Å². The number of ether oxygens (including phenoxy) is 1. The van der Waals surface area contributed by atoms with Crippen LogP contribution in [0.15, 0.2) is 17.9 Å². The summed E-state index contributed by atoms with van der Waals surface area (Å²) < 4.78 is 19.7. The summed E-state index contributed by atoms with van der Waals surface area (Å²) in [5.74, 6) is 5.11. The van der Waals surface area contributed by atoms with E-state index in [9.17, 15) is 14.6 Å². The monoisotopic (exact) mass is 369 g/mol. The highest BCUT2D eigenvalue weighted by Gasteiger charge is 2.57. The van der Waals surface area contributed by atoms with Crippen LogP contribution in [-0.4, -0.2) is 55.6 Å². The summed E-state index contributed by atoms with van der Waals surface area (Å²) in [6.45, 7) is 4.30. The zero-order valence-corrected chi connectivity index (χ0v) is 14.0. The lowest BCUT2D eigenvalue weighted by Gasteiger charge is -2.26. The van der Waals surface area contributed by atoms with Crippen LogP contribution >= 0.6 is 11.6 Å². The molecule has 3 rings (SSSR count). The summed E-state index contributed by atoms with van der Waals surface area (Å²) in [7, 11) is 0. The van der Waals surface area contributed by atoms with Crippen LogP contribution in [0.1, 0.15) is 18.8 Å². The average Bonchev–Trinajstić information content (AvgIpc) is 3.06. The summed E-state index contributed by atoms with van der Waals surface area (Å²) in [6, 6.07) is 0. The number of hydrogen-bond acceptors (Lipinski definition) is 7. The first kappa shape index (κ1) is 17.7. The summed E-state index contributed by atoms with van der Waals surface area (Å²) in [4.78, 5) is 6.64. The summed E-state index contributed by atoms with van der Waals surface area (Å²) in [5.41, 5.74) is 6.57. The number of aliphatic hydroxyl groups excluding tert-OH is 2. The first-order valence-electron chi connectivity index (χ1n) is 7.43. The third kappa shape index (κ3) is 2.77. The Bertz CT molecular complexity index is 799. The number of guanidine groups is 1. The fourth-order valence-corrected chi connectivity index (χ4v) is 3.21. The summed E-state index contributed by atoms with van der Waals surface area (Å²) >= 11 is 6.52. The predicted molar refractivity (Wildman–Crippen MR) is 89.6 cm³/mol. The smallest absolute Gasteiger partial charge is 0.199 e. The number of aliphatic hydroxyl groups is 2. The van der Waals surface area contributed by atoms with Crippen LogP contribution in [0.5, 0.6) is 0 Å². The lowest BCUT2D eigenvalue weighted by molar-refractivity contribution is -0.0757. The van der Waals surface area contributed by atoms with Crippen molar-refractivity contribution in [3.05, 3.63) is 18.6 Å². The second-order valence-electron chi connectivity index (χ2n) is 5.77. The molecule has 1 saturated heterocycles. The van der Waals surface area contributed by atoms with Crippen LogP contribution in [0.3, 0.4) is 0 Å². The molecule has 0 amide bonds. The first-order valence-corrected chi connectivity index (χ1v) is 7.81. The van der Waals surface area contributed by atoms with Gasteiger partial charge in [0.25, 0.3) is 0 Å². The van der Waals surface area contributed by atoms with Gasteiger partial charge in [0.15, 0.2) is 22.9 Å². The fraction of sp³-hybridized carbons (Fsp3) is 0.467. The van der Waals surface area contributed by atoms with Gasteiger partial charge in [-0.3, -0.25) is 4.57 Å². The molecule has 0 bridgehead atoms. The van der Waals surface area contributed by atoms with Crippen molar-refractivity contribution < 1.29 is 19.3 Å². The molecule has 2 aliphatic heterocycles. The molecule has 0 spiro atoms. The molecule has 25 heavy (non-hydrogen) atoms. The quantitative estimate of drug-likeness (QED) is 0.430. The molecule has 10 heteroatoms. The first-order chi connectivity index (χ1) is 11.8. The highest BCUT2D eigenvalue weighted by molar-refractivity contribution is 6.27. The van der Waals surface area contributed by atoms with Gasteiger partial charge in [-0.05, 0) is 6.92 Å². The molecule has 1 aromatic heterocycles. The van der Waals surface area contributed by atoms with E-state index in [4.69, 9.17) is 22.1 Å². The summed E-state index contributed by atoms with van der Waals surface area (Å²) in [6.07, 6.45) is -3.13. The Morgan fingerprint density at radius 2 is 2.40 bits per heavy atom. The van der Waals surface area contributed by atoms with Crippen molar-refractivity contribution in [3.63, 3.8) is 0 Å². The molecule has 0 saturated carbocycles. The van der Waals surface area contributed by atoms with Gasteiger partial charge in [0.05, 0.1) is 18.1 Å². The number of nitrogens with one attached hydrogen (secondary N) is 1. The van der Waals surface area contributed by atoms with Crippen molar-refractivity contribution in [1.82, 2.24) is 14.9 Å². The Kier molecular flexibility index (Phi) is 4.47. The maximum absolute atomic E-state index is 12.6. The molecule has 8 nitrogen and oxygen atoms in total. The topological polar surface area (TPSA) is 118 Å². The minimum Gasteiger partial charge on any atom is -0.391 e. The molecule has 0 aromatic carbocycles. The van der Waals surface area contributed by atoms with Crippen LogP contribution in [0.25, 0.3) is 5.70 Å². The van der Waals surface area contributed by atoms with E-state index in [1.807, 2.05) is 0 Å². The van der Waals surface area contributed by atoms with Gasteiger partial charge >= 0.3 is 0 Å². The molecule has 2 aliphatic rings. The Morgan fingerprint density at radius 1 is 1.68 bits per heavy atom. The van der Waals surface area contributed by atoms with Crippen LogP contribution < -0.4 is 11.1 Å². The van der Waals surface area contributed by atoms with E-state index in [1.54, 1.807) is 0 Å². The second kappa shape index (κ2) is 6.31. The second-order valence-corrected chi connectivity index (χ2v) is 6.39. The van der Waals surface area contributed by atoms with Crippen molar-refractivity contribution in [3.8, 4) is 11.8 Å². The number of halogens is 2. The van der Waals surface area contributed by atoms with Gasteiger partial charge in [0.1, 0.15) is 24.6 Å². The maximum atomic E-state index is 12.6. The minimum absolute atomic E-state index is 0.0971. The number of nitrogens with zero attached hydrogens (tertiary/aromatic N) is 3. The largest absolute Gasteiger partial charge is 0.391 e. The van der Waals surface area contributed by atoms with Gasteiger partial charge < -0.3 is 26.0 Å². The number of hydrogen-bond donors (Lipinski definition) is 4. The van der Waals surface area contributed by atoms with Crippen LogP contribution in [0.2, 0.25) is 0 Å². The molecular weight excluding hydrogens is 353 g/mol. The van der Waals surface area contributed by atoms with Crippen LogP contribution in [0, 0.1) is 11.8 Å². The average molecular weight is 370 g/mol. The molecule has 5 N–H and O–H groups in total. The van der Waals surface area contributed by atoms with Crippen molar-refractivity contribution in [1.29, 1.82) is 0 Å². The molecule has 5 atom stereocenters. The molecule has 0 radical (unpaired) electrons.